The zero-order chi connectivity index (χ0) is 14.4. The van der Waals surface area contributed by atoms with Crippen molar-refractivity contribution in [1.29, 1.82) is 0 Å². The smallest absolute Gasteiger partial charge is 0.242 e. The third kappa shape index (κ3) is 4.86. The summed E-state index contributed by atoms with van der Waals surface area (Å²) < 4.78 is 17.8. The Labute approximate surface area is 121 Å². The minimum Gasteiger partial charge on any atom is -0.383 e. The van der Waals surface area contributed by atoms with Crippen LogP contribution in [0.2, 0.25) is 10.0 Å². The second-order valence-electron chi connectivity index (χ2n) is 3.89. The number of nitrogens with one attached hydrogen (secondary N) is 2. The first-order valence-electron chi connectivity index (χ1n) is 5.63. The molecule has 4 nitrogen and oxygen atoms in total. The molecule has 0 radical (unpaired) electrons. The molecule has 19 heavy (non-hydrogen) atoms. The van der Waals surface area contributed by atoms with E-state index in [0.717, 1.165) is 12.1 Å². The van der Waals surface area contributed by atoms with E-state index < -0.39 is 11.9 Å². The number of anilines is 1. The Kier molecular flexibility index (Phi) is 6.34. The van der Waals surface area contributed by atoms with Gasteiger partial charge < -0.3 is 15.4 Å². The summed E-state index contributed by atoms with van der Waals surface area (Å²) >= 11 is 11.7. The van der Waals surface area contributed by atoms with Gasteiger partial charge in [-0.15, -0.1) is 0 Å². The fraction of sp³-hybridized carbons (Fsp3) is 0.417. The highest BCUT2D eigenvalue weighted by molar-refractivity contribution is 6.39. The molecule has 0 aliphatic heterocycles. The normalized spacial score (nSPS) is 12.1. The van der Waals surface area contributed by atoms with E-state index in [1.54, 1.807) is 14.0 Å². The van der Waals surface area contributed by atoms with Crippen LogP contribution in [0.1, 0.15) is 6.92 Å². The number of hydrogen-bond acceptors (Lipinski definition) is 3. The molecule has 0 aliphatic carbocycles. The van der Waals surface area contributed by atoms with E-state index in [0.29, 0.717) is 18.8 Å². The Morgan fingerprint density at radius 2 is 2.00 bits per heavy atom. The van der Waals surface area contributed by atoms with E-state index in [-0.39, 0.29) is 16.0 Å². The Balaban J connectivity index is 2.66. The summed E-state index contributed by atoms with van der Waals surface area (Å²) in [6, 6.07) is 1.70. The van der Waals surface area contributed by atoms with Gasteiger partial charge in [-0.25, -0.2) is 4.39 Å². The quantitative estimate of drug-likeness (QED) is 0.794. The zero-order valence-electron chi connectivity index (χ0n) is 10.6. The lowest BCUT2D eigenvalue weighted by atomic mass is 10.2. The second kappa shape index (κ2) is 7.53. The summed E-state index contributed by atoms with van der Waals surface area (Å²) in [6.07, 6.45) is 0. The number of methoxy groups -OCH3 is 1. The number of benzene rings is 1. The molecule has 0 saturated carbocycles. The van der Waals surface area contributed by atoms with Gasteiger partial charge in [-0.3, -0.25) is 4.79 Å². The van der Waals surface area contributed by atoms with Crippen molar-refractivity contribution in [2.75, 3.05) is 25.6 Å². The Morgan fingerprint density at radius 1 is 1.42 bits per heavy atom. The SMILES string of the molecule is COCCNC(=O)C(C)Nc1c(Cl)cc(F)cc1Cl. The largest absolute Gasteiger partial charge is 0.383 e. The number of hydrogen-bond donors (Lipinski definition) is 2. The van der Waals surface area contributed by atoms with Crippen molar-refractivity contribution in [2.24, 2.45) is 0 Å². The van der Waals surface area contributed by atoms with Gasteiger partial charge in [0.2, 0.25) is 5.91 Å². The first kappa shape index (κ1) is 16.0. The third-order valence-electron chi connectivity index (χ3n) is 2.37. The fourth-order valence-corrected chi connectivity index (χ4v) is 1.96. The number of carbonyl (C=O) groups excluding carboxylic acids is 1. The molecule has 1 atom stereocenters. The molecule has 106 valence electrons. The molecule has 0 fully saturated rings. The van der Waals surface area contributed by atoms with Crippen molar-refractivity contribution in [3.63, 3.8) is 0 Å². The minimum atomic E-state index is -0.558. The predicted octanol–water partition coefficient (Wildman–Crippen LogP) is 2.70. The number of carbonyl (C=O) groups is 1. The summed E-state index contributed by atoms with van der Waals surface area (Å²) in [6.45, 7) is 2.49. The summed E-state index contributed by atoms with van der Waals surface area (Å²) in [5.74, 6) is -0.758. The molecule has 0 bridgehead atoms. The van der Waals surface area contributed by atoms with Crippen molar-refractivity contribution < 1.29 is 13.9 Å². The molecule has 0 heterocycles. The van der Waals surface area contributed by atoms with Gasteiger partial charge in [0.05, 0.1) is 22.3 Å². The van der Waals surface area contributed by atoms with Gasteiger partial charge in [-0.1, -0.05) is 23.2 Å². The second-order valence-corrected chi connectivity index (χ2v) is 4.71. The maximum atomic E-state index is 13.0. The Hall–Kier alpha value is -1.04. The summed E-state index contributed by atoms with van der Waals surface area (Å²) in [5, 5.41) is 5.77. The number of ether oxygens (including phenoxy) is 1. The minimum absolute atomic E-state index is 0.126. The maximum absolute atomic E-state index is 13.0. The van der Waals surface area contributed by atoms with Crippen LogP contribution in [0.5, 0.6) is 0 Å². The molecule has 2 N–H and O–H groups in total. The molecule has 1 amide bonds. The van der Waals surface area contributed by atoms with Crippen molar-refractivity contribution >= 4 is 34.8 Å². The molecular weight excluding hydrogens is 294 g/mol. The van der Waals surface area contributed by atoms with Gasteiger partial charge in [-0.2, -0.15) is 0 Å². The van der Waals surface area contributed by atoms with E-state index in [2.05, 4.69) is 10.6 Å². The third-order valence-corrected chi connectivity index (χ3v) is 2.96. The molecule has 1 rings (SSSR count). The summed E-state index contributed by atoms with van der Waals surface area (Å²) in [5.41, 5.74) is 0.333. The highest BCUT2D eigenvalue weighted by Crippen LogP contribution is 2.31. The van der Waals surface area contributed by atoms with Gasteiger partial charge >= 0.3 is 0 Å². The molecule has 0 aromatic heterocycles. The Morgan fingerprint density at radius 3 is 2.53 bits per heavy atom. The van der Waals surface area contributed by atoms with E-state index >= 15 is 0 Å². The van der Waals surface area contributed by atoms with Crippen molar-refractivity contribution in [2.45, 2.75) is 13.0 Å². The van der Waals surface area contributed by atoms with Crippen LogP contribution in [0.4, 0.5) is 10.1 Å². The van der Waals surface area contributed by atoms with Crippen LogP contribution >= 0.6 is 23.2 Å². The van der Waals surface area contributed by atoms with E-state index in [4.69, 9.17) is 27.9 Å². The highest BCUT2D eigenvalue weighted by Gasteiger charge is 2.16. The average Bonchev–Trinajstić information content (AvgIpc) is 2.33. The molecule has 1 aromatic rings. The lowest BCUT2D eigenvalue weighted by Gasteiger charge is -2.17. The van der Waals surface area contributed by atoms with Gasteiger partial charge in [0.15, 0.2) is 0 Å². The first-order valence-corrected chi connectivity index (χ1v) is 6.39. The van der Waals surface area contributed by atoms with Gasteiger partial charge in [-0.05, 0) is 19.1 Å². The molecule has 1 aromatic carbocycles. The first-order chi connectivity index (χ1) is 8.95. The van der Waals surface area contributed by atoms with Crippen LogP contribution in [-0.2, 0) is 9.53 Å². The standard InChI is InChI=1S/C12H15Cl2FN2O2/c1-7(12(18)16-3-4-19-2)17-11-9(13)5-8(15)6-10(11)14/h5-7,17H,3-4H2,1-2H3,(H,16,18). The van der Waals surface area contributed by atoms with Crippen LogP contribution in [0.3, 0.4) is 0 Å². The zero-order valence-corrected chi connectivity index (χ0v) is 12.1. The van der Waals surface area contributed by atoms with Crippen molar-refractivity contribution in [1.82, 2.24) is 5.32 Å². The molecule has 0 aliphatic rings. The van der Waals surface area contributed by atoms with Gasteiger partial charge in [0, 0.05) is 13.7 Å². The lowest BCUT2D eigenvalue weighted by molar-refractivity contribution is -0.121. The van der Waals surface area contributed by atoms with E-state index in [9.17, 15) is 9.18 Å². The highest BCUT2D eigenvalue weighted by atomic mass is 35.5. The average molecular weight is 309 g/mol. The van der Waals surface area contributed by atoms with Crippen molar-refractivity contribution in [3.8, 4) is 0 Å². The molecule has 1 unspecified atom stereocenters. The summed E-state index contributed by atoms with van der Waals surface area (Å²) in [7, 11) is 1.55. The topological polar surface area (TPSA) is 50.4 Å². The fourth-order valence-electron chi connectivity index (χ4n) is 1.39. The van der Waals surface area contributed by atoms with Crippen LogP contribution in [0.15, 0.2) is 12.1 Å². The number of rotatable bonds is 6. The lowest BCUT2D eigenvalue weighted by Crippen LogP contribution is -2.39. The van der Waals surface area contributed by atoms with Crippen LogP contribution < -0.4 is 10.6 Å². The van der Waals surface area contributed by atoms with Gasteiger partial charge in [0.25, 0.3) is 0 Å². The Bertz CT molecular complexity index is 434. The molecular formula is C12H15Cl2FN2O2. The monoisotopic (exact) mass is 308 g/mol. The number of halogens is 3. The summed E-state index contributed by atoms with van der Waals surface area (Å²) in [4.78, 5) is 11.7. The van der Waals surface area contributed by atoms with Crippen LogP contribution in [0, 0.1) is 5.82 Å². The van der Waals surface area contributed by atoms with Crippen molar-refractivity contribution in [3.05, 3.63) is 28.0 Å². The predicted molar refractivity (Wildman–Crippen MR) is 74.4 cm³/mol. The number of amides is 1. The van der Waals surface area contributed by atoms with E-state index in [1.165, 1.54) is 0 Å². The van der Waals surface area contributed by atoms with Crippen LogP contribution in [0.25, 0.3) is 0 Å². The van der Waals surface area contributed by atoms with Gasteiger partial charge in [0.1, 0.15) is 11.9 Å². The maximum Gasteiger partial charge on any atom is 0.242 e. The van der Waals surface area contributed by atoms with Crippen LogP contribution in [-0.4, -0.2) is 32.2 Å². The molecule has 0 saturated heterocycles. The molecule has 0 spiro atoms. The van der Waals surface area contributed by atoms with E-state index in [1.807, 2.05) is 0 Å². The molecule has 7 heteroatoms.